The number of hydrogen-bond acceptors (Lipinski definition) is 7. The predicted molar refractivity (Wildman–Crippen MR) is 117 cm³/mol. The van der Waals surface area contributed by atoms with Crippen LogP contribution in [0.4, 0.5) is 13.2 Å². The number of thiophene rings is 1. The molecule has 3 atom stereocenters. The zero-order valence-corrected chi connectivity index (χ0v) is 19.8. The van der Waals surface area contributed by atoms with Crippen LogP contribution in [0.3, 0.4) is 0 Å². The van der Waals surface area contributed by atoms with Gasteiger partial charge in [0.25, 0.3) is 0 Å². The molecule has 2 saturated heterocycles. The Kier molecular flexibility index (Phi) is 6.24. The number of cyclic esters (lactones) is 1. The largest absolute Gasteiger partial charge is 0.465 e. The Balaban J connectivity index is 1.30. The van der Waals surface area contributed by atoms with Gasteiger partial charge in [-0.05, 0) is 38.2 Å². The van der Waals surface area contributed by atoms with Crippen LogP contribution in [0.1, 0.15) is 52.6 Å². The zero-order chi connectivity index (χ0) is 24.1. The van der Waals surface area contributed by atoms with Crippen LogP contribution in [0.15, 0.2) is 12.4 Å². The van der Waals surface area contributed by atoms with Crippen molar-refractivity contribution < 1.29 is 32.5 Å². The van der Waals surface area contributed by atoms with Crippen molar-refractivity contribution >= 4 is 17.3 Å². The zero-order valence-electron chi connectivity index (χ0n) is 18.9. The highest BCUT2D eigenvalue weighted by molar-refractivity contribution is 7.12. The highest BCUT2D eigenvalue weighted by Gasteiger charge is 2.48. The first kappa shape index (κ1) is 23.8. The van der Waals surface area contributed by atoms with Gasteiger partial charge >= 0.3 is 12.1 Å². The lowest BCUT2D eigenvalue weighted by Gasteiger charge is -2.47. The second-order valence-electron chi connectivity index (χ2n) is 9.46. The topological polar surface area (TPSA) is 76.8 Å². The summed E-state index contributed by atoms with van der Waals surface area (Å²) in [5, 5.41) is 14.1. The van der Waals surface area contributed by atoms with Crippen molar-refractivity contribution in [2.24, 2.45) is 5.92 Å². The van der Waals surface area contributed by atoms with Crippen LogP contribution in [0, 0.1) is 5.92 Å². The number of carbonyl (C=O) groups excluding carboxylic acids is 1. The average Bonchev–Trinajstić information content (AvgIpc) is 3.50. The first-order valence-corrected chi connectivity index (χ1v) is 12.4. The van der Waals surface area contributed by atoms with Gasteiger partial charge in [0.05, 0.1) is 38.5 Å². The van der Waals surface area contributed by atoms with Crippen molar-refractivity contribution in [1.82, 2.24) is 14.7 Å². The normalized spacial score (nSPS) is 27.9. The third-order valence-electron chi connectivity index (χ3n) is 7.25. The molecule has 3 aliphatic rings. The maximum Gasteiger partial charge on any atom is 0.425 e. The molecular weight excluding hydrogens is 471 g/mol. The fourth-order valence-corrected chi connectivity index (χ4v) is 6.93. The quantitative estimate of drug-likeness (QED) is 0.635. The Labute approximate surface area is 199 Å². The molecule has 0 bridgehead atoms. The van der Waals surface area contributed by atoms with Crippen molar-refractivity contribution in [2.45, 2.75) is 70.1 Å². The molecule has 1 N–H and O–H groups in total. The number of piperidine rings is 1. The molecule has 3 aliphatic heterocycles. The lowest BCUT2D eigenvalue weighted by atomic mass is 9.81. The summed E-state index contributed by atoms with van der Waals surface area (Å²) in [6, 6.07) is 0.0851. The van der Waals surface area contributed by atoms with Crippen LogP contribution in [0.25, 0.3) is 0 Å². The highest BCUT2D eigenvalue weighted by atomic mass is 32.1. The van der Waals surface area contributed by atoms with Gasteiger partial charge in [-0.3, -0.25) is 14.4 Å². The maximum absolute atomic E-state index is 13.6. The van der Waals surface area contributed by atoms with E-state index in [1.54, 1.807) is 10.9 Å². The predicted octanol–water partition coefficient (Wildman–Crippen LogP) is 3.47. The van der Waals surface area contributed by atoms with Crippen LogP contribution in [0.2, 0.25) is 0 Å². The minimum absolute atomic E-state index is 0.0174. The van der Waals surface area contributed by atoms with E-state index in [-0.39, 0.29) is 23.5 Å². The van der Waals surface area contributed by atoms with Gasteiger partial charge in [0.2, 0.25) is 0 Å². The third kappa shape index (κ3) is 4.27. The van der Waals surface area contributed by atoms with Gasteiger partial charge in [-0.25, -0.2) is 0 Å². The Morgan fingerprint density at radius 2 is 2.18 bits per heavy atom. The summed E-state index contributed by atoms with van der Waals surface area (Å²) in [7, 11) is 0. The number of nitrogens with zero attached hydrogens (tertiary/aromatic N) is 3. The molecule has 1 spiro atoms. The van der Waals surface area contributed by atoms with Gasteiger partial charge in [-0.1, -0.05) is 0 Å². The van der Waals surface area contributed by atoms with E-state index in [2.05, 4.69) is 16.9 Å². The average molecular weight is 500 g/mol. The number of esters is 1. The van der Waals surface area contributed by atoms with Crippen molar-refractivity contribution in [3.8, 4) is 0 Å². The Bertz CT molecular complexity index is 1070. The summed E-state index contributed by atoms with van der Waals surface area (Å²) in [6.45, 7) is 4.12. The first-order valence-electron chi connectivity index (χ1n) is 11.6. The molecule has 0 aliphatic carbocycles. The van der Waals surface area contributed by atoms with E-state index in [0.717, 1.165) is 16.9 Å². The van der Waals surface area contributed by atoms with E-state index in [1.165, 1.54) is 0 Å². The molecule has 2 aromatic rings. The number of carbonyl (C=O) groups is 1. The number of rotatable bonds is 5. The second-order valence-corrected chi connectivity index (χ2v) is 10.5. The molecule has 0 aromatic carbocycles. The fraction of sp³-hybridized carbons (Fsp3) is 0.652. The Morgan fingerprint density at radius 3 is 2.85 bits per heavy atom. The summed E-state index contributed by atoms with van der Waals surface area (Å²) in [6.07, 6.45) is 1.54. The van der Waals surface area contributed by atoms with Gasteiger partial charge in [0.15, 0.2) is 0 Å². The van der Waals surface area contributed by atoms with Crippen LogP contribution in [-0.4, -0.2) is 51.6 Å². The van der Waals surface area contributed by atoms with E-state index >= 15 is 0 Å². The van der Waals surface area contributed by atoms with Crippen LogP contribution in [0.5, 0.6) is 0 Å². The molecule has 0 saturated carbocycles. The number of aliphatic hydroxyl groups is 1. The Hall–Kier alpha value is -1.95. The van der Waals surface area contributed by atoms with E-state index in [9.17, 15) is 23.1 Å². The van der Waals surface area contributed by atoms with Crippen LogP contribution < -0.4 is 0 Å². The van der Waals surface area contributed by atoms with Crippen LogP contribution >= 0.6 is 11.3 Å². The minimum atomic E-state index is -4.48. The number of fused-ring (bicyclic) bond motifs is 2. The molecule has 2 aromatic heterocycles. The molecule has 0 amide bonds. The molecular formula is C23H28F3N3O4S. The molecule has 5 rings (SSSR count). The van der Waals surface area contributed by atoms with E-state index in [1.807, 2.05) is 6.20 Å². The summed E-state index contributed by atoms with van der Waals surface area (Å²) < 4.78 is 53.9. The number of likely N-dealkylation sites (tertiary alicyclic amines) is 1. The van der Waals surface area contributed by atoms with Gasteiger partial charge < -0.3 is 14.6 Å². The first-order chi connectivity index (χ1) is 16.2. The standard InChI is InChI=1S/C23H28F3N3O4S/c1-14-8-22(19-17(3-7-33-22)18(13-30)20(34-19)23(24,25)26)4-5-28(14)10-15-9-27-29(11-15)12-16-2-6-32-21(16)31/h9,11,14,16,30H,2-8,10,12-13H2,1H3/t14-,16?,22+/m0/s1. The van der Waals surface area contributed by atoms with Crippen molar-refractivity contribution in [1.29, 1.82) is 0 Å². The lowest BCUT2D eigenvalue weighted by Crippen LogP contribution is -2.50. The number of halogens is 3. The fourth-order valence-electron chi connectivity index (χ4n) is 5.52. The number of ether oxygens (including phenoxy) is 2. The summed E-state index contributed by atoms with van der Waals surface area (Å²) in [5.41, 5.74) is 0.925. The minimum Gasteiger partial charge on any atom is -0.465 e. The second kappa shape index (κ2) is 8.92. The number of hydrogen-bond donors (Lipinski definition) is 1. The molecule has 11 heteroatoms. The highest BCUT2D eigenvalue weighted by Crippen LogP contribution is 2.51. The van der Waals surface area contributed by atoms with E-state index in [4.69, 9.17) is 9.47 Å². The SMILES string of the molecule is C[C@H]1C[C@@]2(CCN1Cc1cnn(CC3CCOC3=O)c1)OCCc1c2sc(C(F)(F)F)c1CO. The number of alkyl halides is 3. The summed E-state index contributed by atoms with van der Waals surface area (Å²) in [4.78, 5) is 14.0. The molecule has 186 valence electrons. The molecule has 7 nitrogen and oxygen atoms in total. The number of aliphatic hydroxyl groups excluding tert-OH is 1. The van der Waals surface area contributed by atoms with Gasteiger partial charge in [-0.15, -0.1) is 11.3 Å². The Morgan fingerprint density at radius 1 is 1.35 bits per heavy atom. The van der Waals surface area contributed by atoms with Gasteiger partial charge in [0, 0.05) is 41.3 Å². The third-order valence-corrected chi connectivity index (χ3v) is 8.76. The summed E-state index contributed by atoms with van der Waals surface area (Å²) in [5.74, 6) is -0.333. The van der Waals surface area contributed by atoms with Crippen molar-refractivity contribution in [2.75, 3.05) is 19.8 Å². The van der Waals surface area contributed by atoms with Gasteiger partial charge in [-0.2, -0.15) is 18.3 Å². The lowest BCUT2D eigenvalue weighted by molar-refractivity contribution is -0.141. The molecule has 2 fully saturated rings. The van der Waals surface area contributed by atoms with E-state index in [0.29, 0.717) is 69.0 Å². The smallest absolute Gasteiger partial charge is 0.425 e. The summed E-state index contributed by atoms with van der Waals surface area (Å²) >= 11 is 0.745. The molecule has 1 unspecified atom stereocenters. The molecule has 0 radical (unpaired) electrons. The monoisotopic (exact) mass is 499 g/mol. The van der Waals surface area contributed by atoms with Crippen LogP contribution in [-0.2, 0) is 52.2 Å². The van der Waals surface area contributed by atoms with Crippen molar-refractivity contribution in [3.05, 3.63) is 38.8 Å². The van der Waals surface area contributed by atoms with E-state index < -0.39 is 23.3 Å². The molecule has 5 heterocycles. The van der Waals surface area contributed by atoms with Crippen molar-refractivity contribution in [3.63, 3.8) is 0 Å². The molecule has 34 heavy (non-hydrogen) atoms. The van der Waals surface area contributed by atoms with Gasteiger partial charge in [0.1, 0.15) is 10.5 Å². The maximum atomic E-state index is 13.6. The number of aromatic nitrogens is 2.